The molecule has 0 bridgehead atoms. The van der Waals surface area contributed by atoms with Gasteiger partial charge >= 0.3 is 0 Å². The van der Waals surface area contributed by atoms with Crippen LogP contribution in [0.5, 0.6) is 0 Å². The molecule has 1 N–H and O–H groups in total. The van der Waals surface area contributed by atoms with E-state index in [1.807, 2.05) is 18.2 Å². The first kappa shape index (κ1) is 12.3. The van der Waals surface area contributed by atoms with E-state index in [1.165, 1.54) is 4.90 Å². The fourth-order valence-corrected chi connectivity index (χ4v) is 2.05. The van der Waals surface area contributed by atoms with E-state index in [4.69, 9.17) is 0 Å². The maximum atomic E-state index is 9.67. The van der Waals surface area contributed by atoms with E-state index >= 15 is 0 Å². The Hall–Kier alpha value is -0.730. The molecule has 0 amide bonds. The molecule has 0 atom stereocenters. The SMILES string of the molecule is C=C(CCSc1ccccc1)C(C)(C)O. The Morgan fingerprint density at radius 2 is 1.93 bits per heavy atom. The Kier molecular flexibility index (Phi) is 4.43. The molecule has 1 aromatic carbocycles. The van der Waals surface area contributed by atoms with Gasteiger partial charge < -0.3 is 5.11 Å². The maximum absolute atomic E-state index is 9.67. The number of thioether (sulfide) groups is 1. The van der Waals surface area contributed by atoms with Gasteiger partial charge in [-0.3, -0.25) is 0 Å². The summed E-state index contributed by atoms with van der Waals surface area (Å²) in [5.41, 5.74) is 0.142. The summed E-state index contributed by atoms with van der Waals surface area (Å²) < 4.78 is 0. The van der Waals surface area contributed by atoms with Crippen LogP contribution in [0.1, 0.15) is 20.3 Å². The van der Waals surface area contributed by atoms with Gasteiger partial charge in [-0.25, -0.2) is 0 Å². The third-order valence-corrected chi connectivity index (χ3v) is 3.29. The maximum Gasteiger partial charge on any atom is 0.0798 e. The average Bonchev–Trinajstić information content (AvgIpc) is 2.18. The Bertz CT molecular complexity index is 311. The van der Waals surface area contributed by atoms with Gasteiger partial charge in [-0.2, -0.15) is 0 Å². The number of benzene rings is 1. The van der Waals surface area contributed by atoms with Crippen molar-refractivity contribution in [2.75, 3.05) is 5.75 Å². The lowest BCUT2D eigenvalue weighted by molar-refractivity contribution is 0.117. The van der Waals surface area contributed by atoms with Gasteiger partial charge in [0.1, 0.15) is 0 Å². The highest BCUT2D eigenvalue weighted by Gasteiger charge is 2.16. The first-order valence-corrected chi connectivity index (χ1v) is 6.07. The lowest BCUT2D eigenvalue weighted by atomic mass is 9.98. The third-order valence-electron chi connectivity index (χ3n) is 2.28. The molecule has 1 aromatic rings. The lowest BCUT2D eigenvalue weighted by Crippen LogP contribution is -2.21. The molecule has 0 aliphatic carbocycles. The molecule has 0 unspecified atom stereocenters. The average molecular weight is 222 g/mol. The van der Waals surface area contributed by atoms with Gasteiger partial charge in [0.25, 0.3) is 0 Å². The van der Waals surface area contributed by atoms with Crippen LogP contribution < -0.4 is 0 Å². The lowest BCUT2D eigenvalue weighted by Gasteiger charge is -2.20. The zero-order valence-electron chi connectivity index (χ0n) is 9.36. The van der Waals surface area contributed by atoms with Crippen molar-refractivity contribution in [2.45, 2.75) is 30.8 Å². The molecular formula is C13H18OS. The first-order valence-electron chi connectivity index (χ1n) is 5.08. The Morgan fingerprint density at radius 3 is 2.47 bits per heavy atom. The van der Waals surface area contributed by atoms with Crippen molar-refractivity contribution in [2.24, 2.45) is 0 Å². The van der Waals surface area contributed by atoms with Gasteiger partial charge in [0.05, 0.1) is 5.60 Å². The molecule has 1 nitrogen and oxygen atoms in total. The van der Waals surface area contributed by atoms with Crippen LogP contribution in [0.15, 0.2) is 47.4 Å². The summed E-state index contributed by atoms with van der Waals surface area (Å²) in [7, 11) is 0. The van der Waals surface area contributed by atoms with Gasteiger partial charge in [-0.1, -0.05) is 24.8 Å². The standard InChI is InChI=1S/C13H18OS/c1-11(13(2,3)14)9-10-15-12-7-5-4-6-8-12/h4-8,14H,1,9-10H2,2-3H3. The molecule has 0 aliphatic rings. The summed E-state index contributed by atoms with van der Waals surface area (Å²) in [4.78, 5) is 1.26. The van der Waals surface area contributed by atoms with Crippen LogP contribution in [-0.2, 0) is 0 Å². The molecule has 0 aromatic heterocycles. The van der Waals surface area contributed by atoms with Crippen LogP contribution in [-0.4, -0.2) is 16.5 Å². The summed E-state index contributed by atoms with van der Waals surface area (Å²) in [6, 6.07) is 10.3. The van der Waals surface area contributed by atoms with Gasteiger partial charge in [0, 0.05) is 10.6 Å². The molecule has 0 spiro atoms. The topological polar surface area (TPSA) is 20.2 Å². The third kappa shape index (κ3) is 4.54. The monoisotopic (exact) mass is 222 g/mol. The molecule has 0 heterocycles. The zero-order valence-corrected chi connectivity index (χ0v) is 10.2. The van der Waals surface area contributed by atoms with E-state index in [2.05, 4.69) is 18.7 Å². The number of rotatable bonds is 5. The molecule has 0 saturated carbocycles. The highest BCUT2D eigenvalue weighted by Crippen LogP contribution is 2.23. The molecule has 0 radical (unpaired) electrons. The molecular weight excluding hydrogens is 204 g/mol. The van der Waals surface area contributed by atoms with Crippen molar-refractivity contribution in [3.05, 3.63) is 42.5 Å². The van der Waals surface area contributed by atoms with Crippen molar-refractivity contribution in [3.63, 3.8) is 0 Å². The zero-order chi connectivity index (χ0) is 11.3. The fraction of sp³-hybridized carbons (Fsp3) is 0.385. The normalized spacial score (nSPS) is 11.4. The number of hydrogen-bond donors (Lipinski definition) is 1. The van der Waals surface area contributed by atoms with Crippen molar-refractivity contribution in [3.8, 4) is 0 Å². The van der Waals surface area contributed by atoms with E-state index in [0.717, 1.165) is 17.7 Å². The quantitative estimate of drug-likeness (QED) is 0.608. The van der Waals surface area contributed by atoms with Crippen LogP contribution >= 0.6 is 11.8 Å². The molecule has 15 heavy (non-hydrogen) atoms. The summed E-state index contributed by atoms with van der Waals surface area (Å²) in [5.74, 6) is 0.965. The minimum Gasteiger partial charge on any atom is -0.386 e. The van der Waals surface area contributed by atoms with Crippen LogP contribution in [0, 0.1) is 0 Å². The van der Waals surface area contributed by atoms with E-state index < -0.39 is 5.60 Å². The second kappa shape index (κ2) is 5.38. The van der Waals surface area contributed by atoms with E-state index in [-0.39, 0.29) is 0 Å². The van der Waals surface area contributed by atoms with E-state index in [1.54, 1.807) is 25.6 Å². The van der Waals surface area contributed by atoms with Crippen molar-refractivity contribution < 1.29 is 5.11 Å². The molecule has 82 valence electrons. The van der Waals surface area contributed by atoms with E-state index in [9.17, 15) is 5.11 Å². The second-order valence-corrected chi connectivity index (χ2v) is 5.24. The predicted molar refractivity (Wildman–Crippen MR) is 67.2 cm³/mol. The molecule has 0 aliphatic heterocycles. The van der Waals surface area contributed by atoms with Crippen molar-refractivity contribution in [1.29, 1.82) is 0 Å². The van der Waals surface area contributed by atoms with Crippen LogP contribution in [0.2, 0.25) is 0 Å². The van der Waals surface area contributed by atoms with Gasteiger partial charge in [0.15, 0.2) is 0 Å². The summed E-state index contributed by atoms with van der Waals surface area (Å²) >= 11 is 1.79. The molecule has 0 saturated heterocycles. The highest BCUT2D eigenvalue weighted by atomic mass is 32.2. The molecule has 0 fully saturated rings. The van der Waals surface area contributed by atoms with Crippen LogP contribution in [0.3, 0.4) is 0 Å². The van der Waals surface area contributed by atoms with Gasteiger partial charge in [0.2, 0.25) is 0 Å². The minimum absolute atomic E-state index is 0.753. The second-order valence-electron chi connectivity index (χ2n) is 4.07. The Labute approximate surface area is 96.2 Å². The van der Waals surface area contributed by atoms with Crippen LogP contribution in [0.25, 0.3) is 0 Å². The summed E-state index contributed by atoms with van der Waals surface area (Å²) in [6.45, 7) is 7.45. The molecule has 2 heteroatoms. The predicted octanol–water partition coefficient (Wildman–Crippen LogP) is 3.50. The first-order chi connectivity index (χ1) is 7.00. The van der Waals surface area contributed by atoms with Crippen LogP contribution in [0.4, 0.5) is 0 Å². The van der Waals surface area contributed by atoms with Crippen molar-refractivity contribution >= 4 is 11.8 Å². The van der Waals surface area contributed by atoms with Gasteiger partial charge in [-0.15, -0.1) is 11.8 Å². The molecule has 1 rings (SSSR count). The van der Waals surface area contributed by atoms with Gasteiger partial charge in [-0.05, 0) is 38.0 Å². The highest BCUT2D eigenvalue weighted by molar-refractivity contribution is 7.99. The smallest absolute Gasteiger partial charge is 0.0798 e. The Balaban J connectivity index is 2.32. The summed E-state index contributed by atoms with van der Waals surface area (Å²) in [5, 5.41) is 9.67. The fourth-order valence-electron chi connectivity index (χ4n) is 1.11. The largest absolute Gasteiger partial charge is 0.386 e. The number of aliphatic hydroxyl groups is 1. The minimum atomic E-state index is -0.753. The van der Waals surface area contributed by atoms with E-state index in [0.29, 0.717) is 0 Å². The number of hydrogen-bond acceptors (Lipinski definition) is 2. The van der Waals surface area contributed by atoms with Crippen molar-refractivity contribution in [1.82, 2.24) is 0 Å². The Morgan fingerprint density at radius 1 is 1.33 bits per heavy atom. The summed E-state index contributed by atoms with van der Waals surface area (Å²) in [6.07, 6.45) is 0.850.